The summed E-state index contributed by atoms with van der Waals surface area (Å²) in [7, 11) is 0. The number of benzene rings is 1. The van der Waals surface area contributed by atoms with E-state index in [-0.39, 0.29) is 12.3 Å². The summed E-state index contributed by atoms with van der Waals surface area (Å²) < 4.78 is 5.73. The Labute approximate surface area is 136 Å². The summed E-state index contributed by atoms with van der Waals surface area (Å²) >= 11 is 0. The molecule has 1 N–H and O–H groups in total. The number of amides is 1. The summed E-state index contributed by atoms with van der Waals surface area (Å²) in [6.45, 7) is 6.91. The molecule has 0 spiro atoms. The number of nitrogens with zero attached hydrogens (tertiary/aromatic N) is 2. The Morgan fingerprint density at radius 3 is 2.57 bits per heavy atom. The molecule has 1 saturated heterocycles. The quantitative estimate of drug-likeness (QED) is 0.857. The highest BCUT2D eigenvalue weighted by molar-refractivity contribution is 5.81. The summed E-state index contributed by atoms with van der Waals surface area (Å²) in [6, 6.07) is 7.65. The smallest absolute Gasteiger partial charge is 0.304 e. The first-order valence-corrected chi connectivity index (χ1v) is 7.92. The molecule has 1 aliphatic rings. The molecule has 0 radical (unpaired) electrons. The fraction of sp³-hybridized carbons (Fsp3) is 0.529. The van der Waals surface area contributed by atoms with Crippen LogP contribution in [-0.2, 0) is 9.59 Å². The van der Waals surface area contributed by atoms with Gasteiger partial charge in [-0.1, -0.05) is 12.1 Å². The Morgan fingerprint density at radius 1 is 1.26 bits per heavy atom. The lowest BCUT2D eigenvalue weighted by Gasteiger charge is -2.35. The number of carboxylic acid groups (broad SMARTS) is 1. The number of hydrogen-bond donors (Lipinski definition) is 1. The number of piperazine rings is 1. The summed E-state index contributed by atoms with van der Waals surface area (Å²) in [5.74, 6) is -0.112. The van der Waals surface area contributed by atoms with E-state index in [9.17, 15) is 9.59 Å². The molecule has 0 bridgehead atoms. The second-order valence-corrected chi connectivity index (χ2v) is 5.89. The Balaban J connectivity index is 1.81. The van der Waals surface area contributed by atoms with Gasteiger partial charge in [-0.05, 0) is 31.5 Å². The molecular weight excluding hydrogens is 296 g/mol. The summed E-state index contributed by atoms with van der Waals surface area (Å²) in [4.78, 5) is 26.9. The number of hydrogen-bond acceptors (Lipinski definition) is 4. The van der Waals surface area contributed by atoms with Gasteiger partial charge in [-0.15, -0.1) is 0 Å². The number of ether oxygens (including phenoxy) is 1. The molecule has 1 atom stereocenters. The lowest BCUT2D eigenvalue weighted by Crippen LogP contribution is -2.52. The van der Waals surface area contributed by atoms with Crippen LogP contribution in [0.1, 0.15) is 18.9 Å². The third-order valence-corrected chi connectivity index (χ3v) is 3.98. The van der Waals surface area contributed by atoms with Crippen LogP contribution in [0.5, 0.6) is 5.75 Å². The number of carboxylic acids is 1. The van der Waals surface area contributed by atoms with E-state index in [0.717, 1.165) is 5.56 Å². The molecule has 2 rings (SSSR count). The van der Waals surface area contributed by atoms with Gasteiger partial charge in [0.05, 0.1) is 6.42 Å². The first-order valence-electron chi connectivity index (χ1n) is 7.92. The van der Waals surface area contributed by atoms with Gasteiger partial charge in [0, 0.05) is 32.7 Å². The molecular formula is C17H24N2O4. The van der Waals surface area contributed by atoms with E-state index in [1.807, 2.05) is 31.2 Å². The molecule has 23 heavy (non-hydrogen) atoms. The number of aliphatic carboxylic acids is 1. The molecule has 6 nitrogen and oxygen atoms in total. The fourth-order valence-corrected chi connectivity index (χ4v) is 2.65. The summed E-state index contributed by atoms with van der Waals surface area (Å²) in [5, 5.41) is 8.71. The number of carbonyl (C=O) groups excluding carboxylic acids is 1. The van der Waals surface area contributed by atoms with Crippen molar-refractivity contribution >= 4 is 11.9 Å². The van der Waals surface area contributed by atoms with Gasteiger partial charge in [-0.3, -0.25) is 14.5 Å². The highest BCUT2D eigenvalue weighted by Gasteiger charge is 2.26. The maximum absolute atomic E-state index is 12.4. The van der Waals surface area contributed by atoms with Crippen molar-refractivity contribution in [1.29, 1.82) is 0 Å². The van der Waals surface area contributed by atoms with Gasteiger partial charge in [-0.25, -0.2) is 0 Å². The van der Waals surface area contributed by atoms with E-state index < -0.39 is 12.1 Å². The third kappa shape index (κ3) is 5.25. The first-order chi connectivity index (χ1) is 11.0. The van der Waals surface area contributed by atoms with E-state index in [1.54, 1.807) is 11.8 Å². The van der Waals surface area contributed by atoms with Crippen LogP contribution in [0, 0.1) is 6.92 Å². The van der Waals surface area contributed by atoms with Gasteiger partial charge in [0.1, 0.15) is 5.75 Å². The monoisotopic (exact) mass is 320 g/mol. The van der Waals surface area contributed by atoms with E-state index in [1.165, 1.54) is 0 Å². The van der Waals surface area contributed by atoms with Gasteiger partial charge in [-0.2, -0.15) is 0 Å². The summed E-state index contributed by atoms with van der Waals surface area (Å²) in [6.07, 6.45) is -0.386. The molecule has 1 unspecified atom stereocenters. The lowest BCUT2D eigenvalue weighted by molar-refractivity contribution is -0.141. The Hall–Kier alpha value is -2.08. The van der Waals surface area contributed by atoms with Crippen LogP contribution in [-0.4, -0.2) is 65.6 Å². The van der Waals surface area contributed by atoms with Crippen LogP contribution < -0.4 is 4.74 Å². The molecule has 126 valence electrons. The largest absolute Gasteiger partial charge is 0.481 e. The van der Waals surface area contributed by atoms with Crippen molar-refractivity contribution in [3.8, 4) is 5.75 Å². The zero-order valence-electron chi connectivity index (χ0n) is 13.7. The molecule has 1 aromatic rings. The van der Waals surface area contributed by atoms with Gasteiger partial charge in [0.25, 0.3) is 5.91 Å². The maximum atomic E-state index is 12.4. The molecule has 0 aliphatic carbocycles. The van der Waals surface area contributed by atoms with Crippen molar-refractivity contribution in [2.24, 2.45) is 0 Å². The molecule has 1 amide bonds. The third-order valence-electron chi connectivity index (χ3n) is 3.98. The minimum absolute atomic E-state index is 0.0237. The van der Waals surface area contributed by atoms with Crippen LogP contribution >= 0.6 is 0 Å². The fourth-order valence-electron chi connectivity index (χ4n) is 2.65. The van der Waals surface area contributed by atoms with Crippen molar-refractivity contribution in [3.63, 3.8) is 0 Å². The second-order valence-electron chi connectivity index (χ2n) is 5.89. The maximum Gasteiger partial charge on any atom is 0.304 e. The van der Waals surface area contributed by atoms with E-state index in [0.29, 0.717) is 38.5 Å². The normalized spacial score (nSPS) is 16.9. The Morgan fingerprint density at radius 2 is 1.96 bits per heavy atom. The van der Waals surface area contributed by atoms with Crippen molar-refractivity contribution in [1.82, 2.24) is 9.80 Å². The average Bonchev–Trinajstić information content (AvgIpc) is 2.52. The number of carbonyl (C=O) groups is 2. The zero-order chi connectivity index (χ0) is 16.8. The van der Waals surface area contributed by atoms with E-state index >= 15 is 0 Å². The standard InChI is InChI=1S/C17H24N2O4/c1-13-4-3-5-15(12-13)23-14(2)17(22)19-10-8-18(9-11-19)7-6-16(20)21/h3-5,12,14H,6-11H2,1-2H3,(H,20,21). The zero-order valence-corrected chi connectivity index (χ0v) is 13.7. The molecule has 1 heterocycles. The highest BCUT2D eigenvalue weighted by Crippen LogP contribution is 2.15. The Kier molecular flexibility index (Phi) is 5.98. The number of aryl methyl sites for hydroxylation is 1. The number of rotatable bonds is 6. The van der Waals surface area contributed by atoms with Crippen molar-refractivity contribution in [2.75, 3.05) is 32.7 Å². The lowest BCUT2D eigenvalue weighted by atomic mass is 10.2. The SMILES string of the molecule is Cc1cccc(OC(C)C(=O)N2CCN(CCC(=O)O)CC2)c1. The van der Waals surface area contributed by atoms with Crippen LogP contribution in [0.3, 0.4) is 0 Å². The second kappa shape index (κ2) is 7.97. The molecule has 1 aliphatic heterocycles. The van der Waals surface area contributed by atoms with Crippen LogP contribution in [0.25, 0.3) is 0 Å². The average molecular weight is 320 g/mol. The van der Waals surface area contributed by atoms with Gasteiger partial charge in [0.15, 0.2) is 6.10 Å². The van der Waals surface area contributed by atoms with Crippen LogP contribution in [0.2, 0.25) is 0 Å². The molecule has 6 heteroatoms. The van der Waals surface area contributed by atoms with Crippen LogP contribution in [0.15, 0.2) is 24.3 Å². The van der Waals surface area contributed by atoms with Crippen LogP contribution in [0.4, 0.5) is 0 Å². The highest BCUT2D eigenvalue weighted by atomic mass is 16.5. The van der Waals surface area contributed by atoms with E-state index in [2.05, 4.69) is 4.90 Å². The molecule has 0 saturated carbocycles. The van der Waals surface area contributed by atoms with Crippen molar-refractivity contribution in [3.05, 3.63) is 29.8 Å². The van der Waals surface area contributed by atoms with Crippen molar-refractivity contribution < 1.29 is 19.4 Å². The van der Waals surface area contributed by atoms with Gasteiger partial charge in [0.2, 0.25) is 0 Å². The predicted octanol–water partition coefficient (Wildman–Crippen LogP) is 1.38. The molecule has 1 aromatic carbocycles. The minimum Gasteiger partial charge on any atom is -0.481 e. The predicted molar refractivity (Wildman–Crippen MR) is 86.5 cm³/mol. The van der Waals surface area contributed by atoms with Crippen molar-refractivity contribution in [2.45, 2.75) is 26.4 Å². The topological polar surface area (TPSA) is 70.1 Å². The van der Waals surface area contributed by atoms with Gasteiger partial charge >= 0.3 is 5.97 Å². The molecule has 1 fully saturated rings. The minimum atomic E-state index is -0.788. The van der Waals surface area contributed by atoms with Gasteiger partial charge < -0.3 is 14.7 Å². The molecule has 0 aromatic heterocycles. The summed E-state index contributed by atoms with van der Waals surface area (Å²) in [5.41, 5.74) is 1.09. The van der Waals surface area contributed by atoms with E-state index in [4.69, 9.17) is 9.84 Å². The Bertz CT molecular complexity index is 553. The first kappa shape index (κ1) is 17.3.